The molecule has 0 radical (unpaired) electrons. The van der Waals surface area contributed by atoms with Crippen molar-refractivity contribution in [3.63, 3.8) is 0 Å². The van der Waals surface area contributed by atoms with Crippen LogP contribution in [0.15, 0.2) is 24.5 Å². The number of amides is 1. The van der Waals surface area contributed by atoms with Crippen molar-refractivity contribution in [1.82, 2.24) is 35.4 Å². The summed E-state index contributed by atoms with van der Waals surface area (Å²) in [6.45, 7) is 3.37. The Balaban J connectivity index is 1.18. The lowest BCUT2D eigenvalue weighted by Crippen LogP contribution is -2.48. The van der Waals surface area contributed by atoms with E-state index in [4.69, 9.17) is 36.0 Å². The molecule has 2 N–H and O–H groups in total. The molecule has 13 heteroatoms. The molecule has 6 aliphatic rings. The number of ether oxygens (including phenoxy) is 2. The van der Waals surface area contributed by atoms with E-state index < -0.39 is 12.3 Å². The van der Waals surface area contributed by atoms with Crippen molar-refractivity contribution in [1.29, 1.82) is 0 Å². The van der Waals surface area contributed by atoms with E-state index in [1.807, 2.05) is 24.5 Å². The topological polar surface area (TPSA) is 121 Å². The number of alkyl carbamates (subject to hydrolysis) is 1. The van der Waals surface area contributed by atoms with Gasteiger partial charge >= 0.3 is 12.1 Å². The van der Waals surface area contributed by atoms with Crippen LogP contribution in [0.4, 0.5) is 15.0 Å². The van der Waals surface area contributed by atoms with Gasteiger partial charge in [0.2, 0.25) is 0 Å². The molecule has 1 amide bonds. The van der Waals surface area contributed by atoms with Gasteiger partial charge < -0.3 is 19.7 Å². The fraction of sp³-hybridized carbons (Fsp3) is 0.545. The summed E-state index contributed by atoms with van der Waals surface area (Å²) in [5.74, 6) is 1.27. The number of carbonyl (C=O) groups excluding carboxylic acids is 1. The van der Waals surface area contributed by atoms with Crippen LogP contribution in [0.5, 0.6) is 6.01 Å². The molecule has 11 nitrogen and oxygen atoms in total. The number of fused-ring (bicyclic) bond motifs is 7. The van der Waals surface area contributed by atoms with Gasteiger partial charge in [-0.3, -0.25) is 15.0 Å². The second-order valence-electron chi connectivity index (χ2n) is 13.7. The highest BCUT2D eigenvalue weighted by Crippen LogP contribution is 2.55. The minimum Gasteiger partial charge on any atom is -0.461 e. The number of benzene rings is 1. The van der Waals surface area contributed by atoms with Crippen LogP contribution in [-0.2, 0) is 4.74 Å². The van der Waals surface area contributed by atoms with Gasteiger partial charge in [0, 0.05) is 54.3 Å². The third kappa shape index (κ3) is 4.83. The number of piperidine rings is 1. The number of H-pyrrole nitrogens is 1. The normalized spacial score (nSPS) is 29.3. The smallest absolute Gasteiger partial charge is 0.407 e. The van der Waals surface area contributed by atoms with Crippen molar-refractivity contribution >= 4 is 45.3 Å². The quantitative estimate of drug-likeness (QED) is 0.302. The molecule has 0 spiro atoms. The first kappa shape index (κ1) is 28.5. The molecule has 4 aromatic rings. The first-order valence-electron chi connectivity index (χ1n) is 16.5. The highest BCUT2D eigenvalue weighted by atomic mass is 35.5. The van der Waals surface area contributed by atoms with E-state index in [1.54, 1.807) is 0 Å². The van der Waals surface area contributed by atoms with Crippen LogP contribution in [0.1, 0.15) is 56.4 Å². The molecule has 3 saturated heterocycles. The fourth-order valence-corrected chi connectivity index (χ4v) is 8.85. The van der Waals surface area contributed by atoms with Gasteiger partial charge in [-0.05, 0) is 74.6 Å². The summed E-state index contributed by atoms with van der Waals surface area (Å²) in [4.78, 5) is 32.1. The number of anilines is 1. The SMILES string of the molecule is O=C1N[C@@H]2CCCN(C2)c2nc(OC[C@@]34CCCN3C[C@H](F)C4)nc3cc(ncc23)-c2c(c(Cl)cc3[nH]ncc23)[C@@H]2C[C@@H]2CCO1. The maximum atomic E-state index is 14.5. The Labute approximate surface area is 270 Å². The van der Waals surface area contributed by atoms with Crippen LogP contribution in [-0.4, -0.2) is 93.3 Å². The Hall–Kier alpha value is -3.77. The lowest BCUT2D eigenvalue weighted by Gasteiger charge is -2.34. The zero-order chi connectivity index (χ0) is 31.0. The molecule has 1 aliphatic carbocycles. The largest absolute Gasteiger partial charge is 0.461 e. The van der Waals surface area contributed by atoms with Gasteiger partial charge in [-0.25, -0.2) is 9.18 Å². The number of nitrogens with one attached hydrogen (secondary N) is 2. The molecule has 4 fully saturated rings. The van der Waals surface area contributed by atoms with Crippen molar-refractivity contribution in [3.05, 3.63) is 35.1 Å². The summed E-state index contributed by atoms with van der Waals surface area (Å²) < 4.78 is 26.6. The molecule has 6 bridgehead atoms. The van der Waals surface area contributed by atoms with Crippen LogP contribution in [0.2, 0.25) is 5.02 Å². The van der Waals surface area contributed by atoms with E-state index in [0.717, 1.165) is 84.7 Å². The number of halogens is 2. The van der Waals surface area contributed by atoms with E-state index in [9.17, 15) is 9.18 Å². The minimum atomic E-state index is -0.844. The summed E-state index contributed by atoms with van der Waals surface area (Å²) in [6.07, 6.45) is 8.28. The Bertz CT molecular complexity index is 1850. The third-order valence-electron chi connectivity index (χ3n) is 10.8. The third-order valence-corrected chi connectivity index (χ3v) is 11.1. The number of hydrogen-bond donors (Lipinski definition) is 2. The average Bonchev–Trinajstić information content (AvgIpc) is 3.30. The highest BCUT2D eigenvalue weighted by Gasteiger charge is 2.49. The van der Waals surface area contributed by atoms with E-state index in [2.05, 4.69) is 25.3 Å². The Morgan fingerprint density at radius 1 is 1.13 bits per heavy atom. The first-order chi connectivity index (χ1) is 22.4. The summed E-state index contributed by atoms with van der Waals surface area (Å²) in [5, 5.41) is 12.9. The lowest BCUT2D eigenvalue weighted by molar-refractivity contribution is 0.107. The average molecular weight is 647 g/mol. The second-order valence-corrected chi connectivity index (χ2v) is 14.1. The molecule has 5 atom stereocenters. The van der Waals surface area contributed by atoms with Gasteiger partial charge in [0.1, 0.15) is 18.6 Å². The molecular weight excluding hydrogens is 611 g/mol. The maximum Gasteiger partial charge on any atom is 0.407 e. The number of rotatable bonds is 3. The number of pyridine rings is 1. The summed E-state index contributed by atoms with van der Waals surface area (Å²) >= 11 is 6.99. The van der Waals surface area contributed by atoms with Gasteiger partial charge in [-0.1, -0.05) is 11.6 Å². The monoisotopic (exact) mass is 646 g/mol. The Kier molecular flexibility index (Phi) is 6.74. The van der Waals surface area contributed by atoms with Gasteiger partial charge in [-0.2, -0.15) is 15.1 Å². The van der Waals surface area contributed by atoms with E-state index in [-0.39, 0.29) is 23.5 Å². The highest BCUT2D eigenvalue weighted by molar-refractivity contribution is 6.33. The van der Waals surface area contributed by atoms with Crippen molar-refractivity contribution in [3.8, 4) is 17.3 Å². The van der Waals surface area contributed by atoms with Crippen LogP contribution < -0.4 is 15.0 Å². The Morgan fingerprint density at radius 3 is 3.00 bits per heavy atom. The molecule has 240 valence electrons. The van der Waals surface area contributed by atoms with Crippen molar-refractivity contribution in [2.24, 2.45) is 5.92 Å². The summed E-state index contributed by atoms with van der Waals surface area (Å²) in [6, 6.07) is 4.11. The number of carbonyl (C=O) groups is 1. The maximum absolute atomic E-state index is 14.5. The number of hydrogen-bond acceptors (Lipinski definition) is 9. The molecule has 8 heterocycles. The molecule has 1 aromatic carbocycles. The lowest BCUT2D eigenvalue weighted by atomic mass is 9.94. The zero-order valence-corrected chi connectivity index (χ0v) is 26.2. The molecule has 10 rings (SSSR count). The Morgan fingerprint density at radius 2 is 2.07 bits per heavy atom. The van der Waals surface area contributed by atoms with Crippen molar-refractivity contribution < 1.29 is 18.7 Å². The number of nitrogens with zero attached hydrogens (tertiary/aromatic N) is 6. The first-order valence-corrected chi connectivity index (χ1v) is 16.9. The second kappa shape index (κ2) is 10.9. The van der Waals surface area contributed by atoms with Crippen molar-refractivity contribution in [2.75, 3.05) is 44.3 Å². The van der Waals surface area contributed by atoms with Crippen LogP contribution in [0.3, 0.4) is 0 Å². The van der Waals surface area contributed by atoms with Gasteiger partial charge in [0.05, 0.1) is 40.5 Å². The number of aromatic amines is 1. The summed E-state index contributed by atoms with van der Waals surface area (Å²) in [5.41, 5.74) is 3.95. The van der Waals surface area contributed by atoms with Crippen LogP contribution in [0.25, 0.3) is 33.1 Å². The van der Waals surface area contributed by atoms with Gasteiger partial charge in [0.15, 0.2) is 0 Å². The van der Waals surface area contributed by atoms with Crippen molar-refractivity contribution in [2.45, 2.75) is 68.6 Å². The number of alkyl halides is 1. The zero-order valence-electron chi connectivity index (χ0n) is 25.5. The molecular formula is C33H36ClFN8O3. The predicted octanol–water partition coefficient (Wildman–Crippen LogP) is 5.38. The van der Waals surface area contributed by atoms with Crippen LogP contribution in [0, 0.1) is 5.92 Å². The van der Waals surface area contributed by atoms with E-state index in [0.29, 0.717) is 55.0 Å². The fourth-order valence-electron chi connectivity index (χ4n) is 8.51. The molecule has 3 aromatic heterocycles. The number of aromatic nitrogens is 5. The van der Waals surface area contributed by atoms with Crippen LogP contribution >= 0.6 is 11.6 Å². The molecule has 0 unspecified atom stereocenters. The van der Waals surface area contributed by atoms with Gasteiger partial charge in [0.25, 0.3) is 0 Å². The molecule has 46 heavy (non-hydrogen) atoms. The van der Waals surface area contributed by atoms with E-state index >= 15 is 0 Å². The standard InChI is InChI=1S/C33H36ClFN8O3/c34-24-10-26-22(14-37-41-26)29-27-11-25-23(13-36-27)30(40-31(39-25)46-17-33-5-2-7-43(33)15-19(35)12-33)42-6-1-3-20(16-42)38-32(44)45-8-4-18-9-21(18)28(24)29/h10-11,13-14,18-21H,1-9,12,15-17H2,(H,37,41)(H,38,44)/t18-,19+,20+,21+,33-/m0/s1. The van der Waals surface area contributed by atoms with Gasteiger partial charge in [-0.15, -0.1) is 0 Å². The molecule has 5 aliphatic heterocycles. The molecule has 1 saturated carbocycles. The van der Waals surface area contributed by atoms with E-state index in [1.165, 1.54) is 0 Å². The minimum absolute atomic E-state index is 0.0874. The predicted molar refractivity (Wildman–Crippen MR) is 171 cm³/mol. The summed E-state index contributed by atoms with van der Waals surface area (Å²) in [7, 11) is 0.